The van der Waals surface area contributed by atoms with E-state index in [0.717, 1.165) is 55.5 Å². The van der Waals surface area contributed by atoms with E-state index in [1.807, 2.05) is 47.4 Å². The Balaban J connectivity index is 1.70. The van der Waals surface area contributed by atoms with Gasteiger partial charge < -0.3 is 15.0 Å². The van der Waals surface area contributed by atoms with Crippen molar-refractivity contribution in [1.82, 2.24) is 15.2 Å². The summed E-state index contributed by atoms with van der Waals surface area (Å²) in [7, 11) is 3.31. The minimum atomic E-state index is -0.820. The summed E-state index contributed by atoms with van der Waals surface area (Å²) in [4.78, 5) is 33.8. The topological polar surface area (TPSA) is 71.5 Å². The molecule has 0 unspecified atom stereocenters. The van der Waals surface area contributed by atoms with Gasteiger partial charge in [0.25, 0.3) is 0 Å². The second-order valence-electron chi connectivity index (χ2n) is 9.08. The fourth-order valence-corrected chi connectivity index (χ4v) is 5.62. The normalized spacial score (nSPS) is 22.8. The van der Waals surface area contributed by atoms with Gasteiger partial charge >= 0.3 is 0 Å². The molecule has 1 aliphatic carbocycles. The first kappa shape index (κ1) is 22.3. The van der Waals surface area contributed by atoms with Crippen molar-refractivity contribution < 1.29 is 14.3 Å². The molecule has 2 fully saturated rings. The standard InChI is InChI=1S/C26H33N3O3/c1-27-23(30)26(22-9-4-7-17-28-22)16-8-18-29(19-26)24(31)25(14-5-3-6-15-25)20-10-12-21(32-2)13-11-20/h4,7,9-13,17H,3,5-6,8,14-16,18-19H2,1-2H3,(H,27,30)/t26-/m0/s1. The maximum Gasteiger partial charge on any atom is 0.233 e. The number of likely N-dealkylation sites (tertiary alicyclic amines) is 1. The molecule has 1 N–H and O–H groups in total. The van der Waals surface area contributed by atoms with E-state index in [1.54, 1.807) is 20.4 Å². The van der Waals surface area contributed by atoms with Gasteiger partial charge in [-0.25, -0.2) is 0 Å². The Bertz CT molecular complexity index is 939. The van der Waals surface area contributed by atoms with Gasteiger partial charge in [0, 0.05) is 26.3 Å². The van der Waals surface area contributed by atoms with Crippen LogP contribution in [0.2, 0.25) is 0 Å². The second kappa shape index (κ2) is 9.31. The van der Waals surface area contributed by atoms with Crippen LogP contribution in [0, 0.1) is 0 Å². The van der Waals surface area contributed by atoms with E-state index < -0.39 is 10.8 Å². The van der Waals surface area contributed by atoms with Crippen LogP contribution in [0.3, 0.4) is 0 Å². The third kappa shape index (κ3) is 3.87. The summed E-state index contributed by atoms with van der Waals surface area (Å²) >= 11 is 0. The van der Waals surface area contributed by atoms with Crippen LogP contribution >= 0.6 is 0 Å². The highest BCUT2D eigenvalue weighted by Crippen LogP contribution is 2.43. The van der Waals surface area contributed by atoms with Crippen LogP contribution in [-0.2, 0) is 20.4 Å². The van der Waals surface area contributed by atoms with Crippen molar-refractivity contribution >= 4 is 11.8 Å². The van der Waals surface area contributed by atoms with E-state index in [0.29, 0.717) is 19.5 Å². The Morgan fingerprint density at radius 1 is 0.969 bits per heavy atom. The van der Waals surface area contributed by atoms with E-state index in [4.69, 9.17) is 4.74 Å². The molecule has 4 rings (SSSR count). The van der Waals surface area contributed by atoms with Crippen molar-refractivity contribution in [1.29, 1.82) is 0 Å². The molecule has 1 atom stereocenters. The summed E-state index contributed by atoms with van der Waals surface area (Å²) in [5.41, 5.74) is 0.427. The van der Waals surface area contributed by atoms with Crippen molar-refractivity contribution in [3.05, 3.63) is 59.9 Å². The quantitative estimate of drug-likeness (QED) is 0.779. The number of amides is 2. The molecule has 6 nitrogen and oxygen atoms in total. The van der Waals surface area contributed by atoms with E-state index in [-0.39, 0.29) is 11.8 Å². The van der Waals surface area contributed by atoms with Crippen LogP contribution in [0.1, 0.15) is 56.2 Å². The fraction of sp³-hybridized carbons (Fsp3) is 0.500. The maximum absolute atomic E-state index is 14.2. The lowest BCUT2D eigenvalue weighted by Gasteiger charge is -2.46. The van der Waals surface area contributed by atoms with Gasteiger partial charge in [-0.05, 0) is 55.5 Å². The number of hydrogen-bond acceptors (Lipinski definition) is 4. The Morgan fingerprint density at radius 3 is 2.31 bits per heavy atom. The number of piperidine rings is 1. The van der Waals surface area contributed by atoms with Gasteiger partial charge in [-0.1, -0.05) is 37.5 Å². The van der Waals surface area contributed by atoms with E-state index in [1.165, 1.54) is 0 Å². The number of methoxy groups -OCH3 is 1. The molecular weight excluding hydrogens is 402 g/mol. The first-order valence-corrected chi connectivity index (χ1v) is 11.6. The SMILES string of the molecule is CNC(=O)[C@@]1(c2ccccn2)CCCN(C(=O)C2(c3ccc(OC)cc3)CCCCC2)C1. The van der Waals surface area contributed by atoms with Gasteiger partial charge in [0.1, 0.15) is 11.2 Å². The molecule has 170 valence electrons. The van der Waals surface area contributed by atoms with Gasteiger partial charge in [0.15, 0.2) is 0 Å². The minimum Gasteiger partial charge on any atom is -0.497 e. The molecular formula is C26H33N3O3. The molecule has 2 heterocycles. The zero-order valence-electron chi connectivity index (χ0n) is 19.1. The van der Waals surface area contributed by atoms with Gasteiger partial charge in [-0.3, -0.25) is 14.6 Å². The molecule has 1 aromatic carbocycles. The molecule has 1 saturated heterocycles. The minimum absolute atomic E-state index is 0.0733. The number of rotatable bonds is 5. The van der Waals surface area contributed by atoms with Crippen molar-refractivity contribution in [3.8, 4) is 5.75 Å². The lowest BCUT2D eigenvalue weighted by molar-refractivity contribution is -0.143. The first-order chi connectivity index (χ1) is 15.6. The highest BCUT2D eigenvalue weighted by molar-refractivity contribution is 5.92. The number of likely N-dealkylation sites (N-methyl/N-ethyl adjacent to an activating group) is 1. The molecule has 0 spiro atoms. The molecule has 1 aliphatic heterocycles. The van der Waals surface area contributed by atoms with E-state index in [2.05, 4.69) is 10.3 Å². The molecule has 2 amide bonds. The van der Waals surface area contributed by atoms with Gasteiger partial charge in [0.05, 0.1) is 18.2 Å². The fourth-order valence-electron chi connectivity index (χ4n) is 5.62. The largest absolute Gasteiger partial charge is 0.497 e. The number of pyridine rings is 1. The summed E-state index contributed by atoms with van der Waals surface area (Å²) in [6, 6.07) is 13.6. The Labute approximate surface area is 190 Å². The molecule has 0 radical (unpaired) electrons. The van der Waals surface area contributed by atoms with Crippen molar-refractivity contribution in [2.75, 3.05) is 27.2 Å². The monoisotopic (exact) mass is 435 g/mol. The number of carbonyl (C=O) groups excluding carboxylic acids is 2. The number of hydrogen-bond donors (Lipinski definition) is 1. The molecule has 1 saturated carbocycles. The van der Waals surface area contributed by atoms with Gasteiger partial charge in [0.2, 0.25) is 11.8 Å². The average Bonchev–Trinajstić information content (AvgIpc) is 2.88. The van der Waals surface area contributed by atoms with Gasteiger partial charge in [-0.15, -0.1) is 0 Å². The lowest BCUT2D eigenvalue weighted by Crippen LogP contribution is -2.59. The third-order valence-electron chi connectivity index (χ3n) is 7.36. The molecule has 6 heteroatoms. The van der Waals surface area contributed by atoms with Crippen LogP contribution < -0.4 is 10.1 Å². The number of aromatic nitrogens is 1. The van der Waals surface area contributed by atoms with Crippen molar-refractivity contribution in [2.24, 2.45) is 0 Å². The number of ether oxygens (including phenoxy) is 1. The predicted molar refractivity (Wildman–Crippen MR) is 124 cm³/mol. The smallest absolute Gasteiger partial charge is 0.233 e. The molecule has 0 bridgehead atoms. The molecule has 2 aromatic rings. The lowest BCUT2D eigenvalue weighted by atomic mass is 9.67. The van der Waals surface area contributed by atoms with Gasteiger partial charge in [-0.2, -0.15) is 0 Å². The summed E-state index contributed by atoms with van der Waals surface area (Å²) < 4.78 is 5.33. The summed E-state index contributed by atoms with van der Waals surface area (Å²) in [6.45, 7) is 1.03. The first-order valence-electron chi connectivity index (χ1n) is 11.6. The van der Waals surface area contributed by atoms with E-state index >= 15 is 0 Å². The second-order valence-corrected chi connectivity index (χ2v) is 9.08. The number of nitrogens with zero attached hydrogens (tertiary/aromatic N) is 2. The zero-order chi connectivity index (χ0) is 22.6. The molecule has 1 aromatic heterocycles. The number of benzene rings is 1. The Kier molecular flexibility index (Phi) is 6.49. The van der Waals surface area contributed by atoms with E-state index in [9.17, 15) is 9.59 Å². The molecule has 32 heavy (non-hydrogen) atoms. The average molecular weight is 436 g/mol. The van der Waals surface area contributed by atoms with Crippen molar-refractivity contribution in [3.63, 3.8) is 0 Å². The van der Waals surface area contributed by atoms with Crippen LogP contribution in [0.25, 0.3) is 0 Å². The van der Waals surface area contributed by atoms with Crippen LogP contribution in [0.5, 0.6) is 5.75 Å². The summed E-state index contributed by atoms with van der Waals surface area (Å²) in [5, 5.41) is 2.84. The Hall–Kier alpha value is -2.89. The maximum atomic E-state index is 14.2. The number of nitrogens with one attached hydrogen (secondary N) is 1. The zero-order valence-corrected chi connectivity index (χ0v) is 19.1. The number of carbonyl (C=O) groups is 2. The predicted octanol–water partition coefficient (Wildman–Crippen LogP) is 3.60. The van der Waals surface area contributed by atoms with Crippen LogP contribution in [-0.4, -0.2) is 48.9 Å². The highest BCUT2D eigenvalue weighted by Gasteiger charge is 2.50. The van der Waals surface area contributed by atoms with Crippen molar-refractivity contribution in [2.45, 2.75) is 55.8 Å². The van der Waals surface area contributed by atoms with Crippen LogP contribution in [0.4, 0.5) is 0 Å². The summed E-state index contributed by atoms with van der Waals surface area (Å²) in [6.07, 6.45) is 8.08. The van der Waals surface area contributed by atoms with Crippen LogP contribution in [0.15, 0.2) is 48.7 Å². The Morgan fingerprint density at radius 2 is 1.69 bits per heavy atom. The molecule has 2 aliphatic rings. The summed E-state index contributed by atoms with van der Waals surface area (Å²) in [5.74, 6) is 0.862. The third-order valence-corrected chi connectivity index (χ3v) is 7.36. The highest BCUT2D eigenvalue weighted by atomic mass is 16.5.